The van der Waals surface area contributed by atoms with Crippen molar-refractivity contribution in [3.63, 3.8) is 0 Å². The van der Waals surface area contributed by atoms with Crippen molar-refractivity contribution in [3.05, 3.63) is 0 Å². The van der Waals surface area contributed by atoms with Gasteiger partial charge in [0.25, 0.3) is 0 Å². The third-order valence-corrected chi connectivity index (χ3v) is 10.3. The maximum atomic E-state index is 12.7. The molecule has 0 bridgehead atoms. The van der Waals surface area contributed by atoms with Crippen LogP contribution in [0.2, 0.25) is 0 Å². The third-order valence-electron chi connectivity index (χ3n) is 10.3. The van der Waals surface area contributed by atoms with Gasteiger partial charge in [-0.2, -0.15) is 0 Å². The molecule has 308 valence electrons. The predicted octanol–water partition coefficient (Wildman–Crippen LogP) is 14.3. The molecule has 0 N–H and O–H groups in total. The van der Waals surface area contributed by atoms with Crippen molar-refractivity contribution >= 4 is 17.9 Å². The Hall–Kier alpha value is -1.59. The van der Waals surface area contributed by atoms with Crippen molar-refractivity contribution in [2.45, 2.75) is 259 Å². The summed E-state index contributed by atoms with van der Waals surface area (Å²) in [6.07, 6.45) is 39.4. The number of esters is 3. The molecule has 0 radical (unpaired) electrons. The van der Waals surface area contributed by atoms with Gasteiger partial charge in [-0.05, 0) is 25.2 Å². The van der Waals surface area contributed by atoms with E-state index in [0.717, 1.165) is 63.7 Å². The molecule has 0 aliphatic carbocycles. The summed E-state index contributed by atoms with van der Waals surface area (Å²) in [4.78, 5) is 37.7. The summed E-state index contributed by atoms with van der Waals surface area (Å²) in [6.45, 7) is 8.95. The second-order valence-electron chi connectivity index (χ2n) is 16.2. The highest BCUT2D eigenvalue weighted by Crippen LogP contribution is 2.16. The van der Waals surface area contributed by atoms with Crippen molar-refractivity contribution in [2.24, 2.45) is 5.92 Å². The number of carbonyl (C=O) groups is 3. The van der Waals surface area contributed by atoms with Gasteiger partial charge in [0.15, 0.2) is 6.10 Å². The molecule has 6 heteroatoms. The minimum absolute atomic E-state index is 0.0641. The van der Waals surface area contributed by atoms with Crippen LogP contribution in [-0.2, 0) is 28.6 Å². The summed E-state index contributed by atoms with van der Waals surface area (Å²) in [5.41, 5.74) is 0. The van der Waals surface area contributed by atoms with Crippen LogP contribution in [0.1, 0.15) is 252 Å². The highest BCUT2D eigenvalue weighted by Gasteiger charge is 2.19. The van der Waals surface area contributed by atoms with E-state index in [9.17, 15) is 14.4 Å². The second-order valence-corrected chi connectivity index (χ2v) is 16.2. The zero-order valence-corrected chi connectivity index (χ0v) is 35.3. The normalized spacial score (nSPS) is 11.9. The summed E-state index contributed by atoms with van der Waals surface area (Å²) in [7, 11) is 0. The van der Waals surface area contributed by atoms with Gasteiger partial charge >= 0.3 is 17.9 Å². The smallest absolute Gasteiger partial charge is 0.306 e. The van der Waals surface area contributed by atoms with E-state index in [0.29, 0.717) is 19.3 Å². The number of ether oxygens (including phenoxy) is 3. The van der Waals surface area contributed by atoms with E-state index in [2.05, 4.69) is 27.7 Å². The summed E-state index contributed by atoms with van der Waals surface area (Å²) in [5.74, 6) is -0.0625. The highest BCUT2D eigenvalue weighted by atomic mass is 16.6. The molecule has 6 nitrogen and oxygen atoms in total. The Morgan fingerprint density at radius 3 is 0.942 bits per heavy atom. The van der Waals surface area contributed by atoms with E-state index < -0.39 is 6.10 Å². The van der Waals surface area contributed by atoms with Crippen LogP contribution < -0.4 is 0 Å². The number of hydrogen-bond acceptors (Lipinski definition) is 6. The average Bonchev–Trinajstić information content (AvgIpc) is 3.12. The molecule has 0 aromatic rings. The molecular weight excluding hydrogens is 648 g/mol. The fourth-order valence-corrected chi connectivity index (χ4v) is 6.80. The molecule has 52 heavy (non-hydrogen) atoms. The number of rotatable bonds is 41. The van der Waals surface area contributed by atoms with E-state index in [4.69, 9.17) is 14.2 Å². The third kappa shape index (κ3) is 39.6. The number of carbonyl (C=O) groups excluding carboxylic acids is 3. The molecule has 0 aliphatic rings. The molecule has 1 atom stereocenters. The van der Waals surface area contributed by atoms with Crippen LogP contribution >= 0.6 is 0 Å². The van der Waals surface area contributed by atoms with Gasteiger partial charge in [-0.25, -0.2) is 0 Å². The second kappa shape index (κ2) is 40.6. The van der Waals surface area contributed by atoms with Gasteiger partial charge < -0.3 is 14.2 Å². The topological polar surface area (TPSA) is 78.9 Å². The zero-order chi connectivity index (χ0) is 38.2. The largest absolute Gasteiger partial charge is 0.462 e. The van der Waals surface area contributed by atoms with Crippen molar-refractivity contribution in [1.82, 2.24) is 0 Å². The Balaban J connectivity index is 4.33. The average molecular weight is 737 g/mol. The van der Waals surface area contributed by atoms with E-state index in [-0.39, 0.29) is 31.1 Å². The standard InChI is InChI=1S/C46H88O6/c1-5-7-9-11-13-15-17-19-21-26-30-34-38-45(48)51-41-43(52-46(49)39-35-31-27-23-22-24-28-32-36-42(3)4)40-50-44(47)37-33-29-25-20-18-16-14-12-10-8-6-2/h42-43H,5-41H2,1-4H3/t43-/m0/s1. The lowest BCUT2D eigenvalue weighted by Gasteiger charge is -2.18. The lowest BCUT2D eigenvalue weighted by Crippen LogP contribution is -2.30. The van der Waals surface area contributed by atoms with Crippen LogP contribution in [0.3, 0.4) is 0 Å². The Morgan fingerprint density at radius 1 is 0.365 bits per heavy atom. The minimum atomic E-state index is -0.759. The fraction of sp³-hybridized carbons (Fsp3) is 0.935. The van der Waals surface area contributed by atoms with Crippen LogP contribution in [0.5, 0.6) is 0 Å². The van der Waals surface area contributed by atoms with E-state index in [1.165, 1.54) is 148 Å². The van der Waals surface area contributed by atoms with Gasteiger partial charge in [-0.15, -0.1) is 0 Å². The summed E-state index contributed by atoms with van der Waals surface area (Å²) in [5, 5.41) is 0. The molecule has 0 saturated carbocycles. The van der Waals surface area contributed by atoms with Crippen LogP contribution in [0, 0.1) is 5.92 Å². The van der Waals surface area contributed by atoms with Gasteiger partial charge in [0.1, 0.15) is 13.2 Å². The Labute approximate surface area is 323 Å². The molecule has 0 saturated heterocycles. The maximum Gasteiger partial charge on any atom is 0.306 e. The Kier molecular flexibility index (Phi) is 39.4. The summed E-state index contributed by atoms with van der Waals surface area (Å²) < 4.78 is 16.7. The lowest BCUT2D eigenvalue weighted by atomic mass is 10.0. The first kappa shape index (κ1) is 50.4. The van der Waals surface area contributed by atoms with Gasteiger partial charge in [0.05, 0.1) is 0 Å². The molecule has 0 unspecified atom stereocenters. The predicted molar refractivity (Wildman–Crippen MR) is 220 cm³/mol. The van der Waals surface area contributed by atoms with Crippen molar-refractivity contribution in [3.8, 4) is 0 Å². The molecule has 0 fully saturated rings. The summed E-state index contributed by atoms with van der Waals surface area (Å²) >= 11 is 0. The van der Waals surface area contributed by atoms with Crippen molar-refractivity contribution < 1.29 is 28.6 Å². The molecular formula is C46H88O6. The molecule has 0 rings (SSSR count). The van der Waals surface area contributed by atoms with E-state index in [1.54, 1.807) is 0 Å². The van der Waals surface area contributed by atoms with Gasteiger partial charge in [-0.1, -0.05) is 214 Å². The lowest BCUT2D eigenvalue weighted by molar-refractivity contribution is -0.167. The minimum Gasteiger partial charge on any atom is -0.462 e. The highest BCUT2D eigenvalue weighted by molar-refractivity contribution is 5.71. The first-order valence-electron chi connectivity index (χ1n) is 22.9. The van der Waals surface area contributed by atoms with Crippen LogP contribution in [0.25, 0.3) is 0 Å². The van der Waals surface area contributed by atoms with Gasteiger partial charge in [0.2, 0.25) is 0 Å². The Bertz CT molecular complexity index is 781. The molecule has 0 spiro atoms. The zero-order valence-electron chi connectivity index (χ0n) is 35.3. The van der Waals surface area contributed by atoms with Gasteiger partial charge in [-0.3, -0.25) is 14.4 Å². The van der Waals surface area contributed by atoms with E-state index in [1.807, 2.05) is 0 Å². The molecule has 0 amide bonds. The van der Waals surface area contributed by atoms with Gasteiger partial charge in [0, 0.05) is 19.3 Å². The molecule has 0 heterocycles. The SMILES string of the molecule is CCCCCCCCCCCCCCC(=O)OC[C@H](COC(=O)CCCCCCCCCCCCC)OC(=O)CCCCCCCCCCC(C)C. The van der Waals surface area contributed by atoms with Crippen molar-refractivity contribution in [2.75, 3.05) is 13.2 Å². The Morgan fingerprint density at radius 2 is 0.635 bits per heavy atom. The number of hydrogen-bond donors (Lipinski definition) is 0. The van der Waals surface area contributed by atoms with E-state index >= 15 is 0 Å². The first-order valence-corrected chi connectivity index (χ1v) is 22.9. The van der Waals surface area contributed by atoms with Crippen molar-refractivity contribution in [1.29, 1.82) is 0 Å². The van der Waals surface area contributed by atoms with Crippen LogP contribution in [0.15, 0.2) is 0 Å². The number of unbranched alkanes of at least 4 members (excludes halogenated alkanes) is 28. The quantitative estimate of drug-likeness (QED) is 0.0353. The monoisotopic (exact) mass is 737 g/mol. The summed E-state index contributed by atoms with van der Waals surface area (Å²) in [6, 6.07) is 0. The van der Waals surface area contributed by atoms with Crippen LogP contribution in [0.4, 0.5) is 0 Å². The van der Waals surface area contributed by atoms with Crippen LogP contribution in [-0.4, -0.2) is 37.2 Å². The molecule has 0 aromatic heterocycles. The molecule has 0 aromatic carbocycles. The fourth-order valence-electron chi connectivity index (χ4n) is 6.80. The maximum absolute atomic E-state index is 12.7. The first-order chi connectivity index (χ1) is 25.4. The molecule has 0 aliphatic heterocycles.